The molecule has 0 saturated heterocycles. The van der Waals surface area contributed by atoms with E-state index in [1.54, 1.807) is 6.07 Å². The van der Waals surface area contributed by atoms with Crippen LogP contribution in [0.1, 0.15) is 32.8 Å². The van der Waals surface area contributed by atoms with Crippen LogP contribution in [0.3, 0.4) is 0 Å². The summed E-state index contributed by atoms with van der Waals surface area (Å²) in [6, 6.07) is 5.51. The lowest BCUT2D eigenvalue weighted by Crippen LogP contribution is -2.74. The summed E-state index contributed by atoms with van der Waals surface area (Å²) in [5, 5.41) is 3.37. The van der Waals surface area contributed by atoms with Crippen molar-refractivity contribution in [1.29, 1.82) is 0 Å². The van der Waals surface area contributed by atoms with Crippen molar-refractivity contribution in [2.45, 2.75) is 45.8 Å². The SMILES string of the molecule is CCOC1CC(N)(C(=O)Nc2cc(C)ccc2Cl)C1(C)C.Cl. The molecule has 1 amide bonds. The number of rotatable bonds is 4. The second kappa shape index (κ2) is 6.75. The van der Waals surface area contributed by atoms with E-state index in [2.05, 4.69) is 5.32 Å². The maximum absolute atomic E-state index is 12.6. The van der Waals surface area contributed by atoms with E-state index in [1.807, 2.05) is 39.8 Å². The molecule has 4 nitrogen and oxygen atoms in total. The molecule has 0 bridgehead atoms. The van der Waals surface area contributed by atoms with Crippen LogP contribution in [-0.2, 0) is 9.53 Å². The van der Waals surface area contributed by atoms with Crippen LogP contribution in [0.2, 0.25) is 5.02 Å². The van der Waals surface area contributed by atoms with Crippen LogP contribution in [0.25, 0.3) is 0 Å². The number of nitrogens with two attached hydrogens (primary N) is 1. The number of carbonyl (C=O) groups excluding carboxylic acids is 1. The fourth-order valence-electron chi connectivity index (χ4n) is 2.79. The summed E-state index contributed by atoms with van der Waals surface area (Å²) in [4.78, 5) is 12.6. The van der Waals surface area contributed by atoms with Crippen molar-refractivity contribution in [3.05, 3.63) is 28.8 Å². The van der Waals surface area contributed by atoms with Crippen molar-refractivity contribution in [3.8, 4) is 0 Å². The van der Waals surface area contributed by atoms with Gasteiger partial charge in [-0.1, -0.05) is 31.5 Å². The van der Waals surface area contributed by atoms with E-state index in [-0.39, 0.29) is 24.4 Å². The first kappa shape index (κ1) is 19.2. The molecule has 0 radical (unpaired) electrons. The molecule has 0 aromatic heterocycles. The first-order chi connectivity index (χ1) is 9.72. The number of ether oxygens (including phenoxy) is 1. The Hall–Kier alpha value is -0.810. The number of aryl methyl sites for hydroxylation is 1. The van der Waals surface area contributed by atoms with Crippen molar-refractivity contribution in [2.75, 3.05) is 11.9 Å². The van der Waals surface area contributed by atoms with Gasteiger partial charge in [-0.25, -0.2) is 0 Å². The molecule has 6 heteroatoms. The normalized spacial score (nSPS) is 25.8. The lowest BCUT2D eigenvalue weighted by atomic mass is 9.54. The Balaban J connectivity index is 0.00000242. The van der Waals surface area contributed by atoms with E-state index in [4.69, 9.17) is 22.1 Å². The summed E-state index contributed by atoms with van der Waals surface area (Å²) in [6.45, 7) is 8.44. The zero-order valence-corrected chi connectivity index (χ0v) is 15.0. The number of hydrogen-bond acceptors (Lipinski definition) is 3. The monoisotopic (exact) mass is 346 g/mol. The van der Waals surface area contributed by atoms with Crippen LogP contribution < -0.4 is 11.1 Å². The summed E-state index contributed by atoms with van der Waals surface area (Å²) in [5.74, 6) is -0.212. The number of carbonyl (C=O) groups is 1. The van der Waals surface area contributed by atoms with Gasteiger partial charge in [-0.15, -0.1) is 12.4 Å². The van der Waals surface area contributed by atoms with Gasteiger partial charge in [0.05, 0.1) is 16.8 Å². The second-order valence-corrected chi connectivity index (χ2v) is 6.69. The Kier molecular flexibility index (Phi) is 5.90. The third kappa shape index (κ3) is 3.11. The van der Waals surface area contributed by atoms with E-state index in [9.17, 15) is 4.79 Å². The van der Waals surface area contributed by atoms with E-state index < -0.39 is 11.0 Å². The Morgan fingerprint density at radius 2 is 2.14 bits per heavy atom. The fraction of sp³-hybridized carbons (Fsp3) is 0.562. The highest BCUT2D eigenvalue weighted by atomic mass is 35.5. The predicted octanol–water partition coefficient (Wildman–Crippen LogP) is 3.54. The summed E-state index contributed by atoms with van der Waals surface area (Å²) < 4.78 is 5.65. The third-order valence-electron chi connectivity index (χ3n) is 4.61. The van der Waals surface area contributed by atoms with Crippen LogP contribution in [0, 0.1) is 12.3 Å². The maximum Gasteiger partial charge on any atom is 0.245 e. The quantitative estimate of drug-likeness (QED) is 0.876. The zero-order chi connectivity index (χ0) is 15.8. The van der Waals surface area contributed by atoms with Gasteiger partial charge in [0.1, 0.15) is 5.54 Å². The lowest BCUT2D eigenvalue weighted by molar-refractivity contribution is -0.166. The topological polar surface area (TPSA) is 64.3 Å². The third-order valence-corrected chi connectivity index (χ3v) is 4.93. The number of benzene rings is 1. The van der Waals surface area contributed by atoms with Crippen LogP contribution in [0.5, 0.6) is 0 Å². The Morgan fingerprint density at radius 1 is 1.50 bits per heavy atom. The average Bonchev–Trinajstić information content (AvgIpc) is 2.42. The van der Waals surface area contributed by atoms with Crippen molar-refractivity contribution in [1.82, 2.24) is 0 Å². The highest BCUT2D eigenvalue weighted by Crippen LogP contribution is 2.50. The van der Waals surface area contributed by atoms with Gasteiger partial charge in [-0.05, 0) is 31.5 Å². The van der Waals surface area contributed by atoms with Gasteiger partial charge in [-0.2, -0.15) is 0 Å². The Bertz CT molecular complexity index is 563. The number of hydrogen-bond donors (Lipinski definition) is 2. The van der Waals surface area contributed by atoms with Crippen LogP contribution in [0.4, 0.5) is 5.69 Å². The molecule has 1 aromatic rings. The standard InChI is InChI=1S/C16H23ClN2O2.ClH/c1-5-21-13-9-16(18,15(13,3)4)14(20)19-12-8-10(2)6-7-11(12)17;/h6-8,13H,5,9,18H2,1-4H3,(H,19,20);1H. The summed E-state index contributed by atoms with van der Waals surface area (Å²) in [7, 11) is 0. The van der Waals surface area contributed by atoms with Crippen molar-refractivity contribution in [3.63, 3.8) is 0 Å². The first-order valence-corrected chi connectivity index (χ1v) is 7.58. The average molecular weight is 347 g/mol. The van der Waals surface area contributed by atoms with Crippen molar-refractivity contribution in [2.24, 2.45) is 11.1 Å². The van der Waals surface area contributed by atoms with Gasteiger partial charge in [-0.3, -0.25) is 4.79 Å². The van der Waals surface area contributed by atoms with E-state index in [1.165, 1.54) is 0 Å². The molecule has 22 heavy (non-hydrogen) atoms. The van der Waals surface area contributed by atoms with Gasteiger partial charge in [0.25, 0.3) is 0 Å². The summed E-state index contributed by atoms with van der Waals surface area (Å²) in [5.41, 5.74) is 6.62. The maximum atomic E-state index is 12.6. The first-order valence-electron chi connectivity index (χ1n) is 7.20. The van der Waals surface area contributed by atoms with Gasteiger partial charge < -0.3 is 15.8 Å². The molecule has 2 unspecified atom stereocenters. The summed E-state index contributed by atoms with van der Waals surface area (Å²) in [6.07, 6.45) is 0.523. The highest BCUT2D eigenvalue weighted by molar-refractivity contribution is 6.33. The van der Waals surface area contributed by atoms with Gasteiger partial charge in [0.15, 0.2) is 0 Å². The molecule has 1 aromatic carbocycles. The van der Waals surface area contributed by atoms with E-state index in [0.29, 0.717) is 23.7 Å². The number of nitrogens with one attached hydrogen (secondary N) is 1. The predicted molar refractivity (Wildman–Crippen MR) is 92.8 cm³/mol. The molecule has 0 spiro atoms. The van der Waals surface area contributed by atoms with Gasteiger partial charge in [0, 0.05) is 18.4 Å². The smallest absolute Gasteiger partial charge is 0.245 e. The van der Waals surface area contributed by atoms with Gasteiger partial charge >= 0.3 is 0 Å². The molecule has 1 aliphatic rings. The highest BCUT2D eigenvalue weighted by Gasteiger charge is 2.62. The van der Waals surface area contributed by atoms with E-state index >= 15 is 0 Å². The number of amides is 1. The largest absolute Gasteiger partial charge is 0.378 e. The molecule has 1 fully saturated rings. The minimum Gasteiger partial charge on any atom is -0.378 e. The van der Waals surface area contributed by atoms with Crippen LogP contribution in [0.15, 0.2) is 18.2 Å². The minimum absolute atomic E-state index is 0. The number of halogens is 2. The zero-order valence-electron chi connectivity index (χ0n) is 13.4. The Morgan fingerprint density at radius 3 is 2.68 bits per heavy atom. The molecule has 2 atom stereocenters. The van der Waals surface area contributed by atoms with Crippen molar-refractivity contribution < 1.29 is 9.53 Å². The fourth-order valence-corrected chi connectivity index (χ4v) is 2.95. The molecular weight excluding hydrogens is 323 g/mol. The molecule has 0 heterocycles. The Labute approximate surface area is 143 Å². The summed E-state index contributed by atoms with van der Waals surface area (Å²) >= 11 is 6.12. The molecular formula is C16H24Cl2N2O2. The molecule has 1 aliphatic carbocycles. The minimum atomic E-state index is -0.945. The van der Waals surface area contributed by atoms with E-state index in [0.717, 1.165) is 5.56 Å². The molecule has 1 saturated carbocycles. The second-order valence-electron chi connectivity index (χ2n) is 6.28. The van der Waals surface area contributed by atoms with Crippen molar-refractivity contribution >= 4 is 35.6 Å². The number of anilines is 1. The van der Waals surface area contributed by atoms with Gasteiger partial charge in [0.2, 0.25) is 5.91 Å². The molecule has 124 valence electrons. The lowest BCUT2D eigenvalue weighted by Gasteiger charge is -2.57. The van der Waals surface area contributed by atoms with Crippen LogP contribution >= 0.6 is 24.0 Å². The molecule has 2 rings (SSSR count). The molecule has 0 aliphatic heterocycles. The van der Waals surface area contributed by atoms with Crippen LogP contribution in [-0.4, -0.2) is 24.2 Å². The molecule has 3 N–H and O–H groups in total.